The molecule has 6 heteroatoms. The molecular formula is C29H46O6. The van der Waals surface area contributed by atoms with Gasteiger partial charge in [0.25, 0.3) is 0 Å². The molecule has 0 aromatic rings. The summed E-state index contributed by atoms with van der Waals surface area (Å²) in [6.07, 6.45) is 16.1. The molecule has 0 unspecified atom stereocenters. The van der Waals surface area contributed by atoms with Gasteiger partial charge in [-0.15, -0.1) is 6.58 Å². The molecule has 0 saturated heterocycles. The standard InChI is InChI=1S/C29H46O6/c1-4-5-6-23-7-9-24(10-8-23)25-11-13-26(14-12-25)27(15-17-34-28(32)21(2)19-30)16-18-35-29(33)22(3)20-31/h4,23-27,30-31H,1-3,5-20H2. The zero-order valence-electron chi connectivity index (χ0n) is 21.4. The summed E-state index contributed by atoms with van der Waals surface area (Å²) in [4.78, 5) is 23.7. The van der Waals surface area contributed by atoms with Crippen LogP contribution in [0.1, 0.15) is 77.0 Å². The van der Waals surface area contributed by atoms with Crippen LogP contribution in [0.5, 0.6) is 0 Å². The van der Waals surface area contributed by atoms with Gasteiger partial charge in [-0.2, -0.15) is 0 Å². The van der Waals surface area contributed by atoms with Crippen molar-refractivity contribution in [2.75, 3.05) is 26.4 Å². The Hall–Kier alpha value is -1.92. The van der Waals surface area contributed by atoms with Crippen LogP contribution in [0.4, 0.5) is 0 Å². The predicted octanol–water partition coefficient (Wildman–Crippen LogP) is 5.15. The van der Waals surface area contributed by atoms with E-state index in [0.29, 0.717) is 18.8 Å². The number of rotatable bonds is 15. The molecule has 2 aliphatic carbocycles. The minimum absolute atomic E-state index is 0.0534. The van der Waals surface area contributed by atoms with Gasteiger partial charge in [-0.05, 0) is 93.8 Å². The maximum atomic E-state index is 11.9. The minimum Gasteiger partial charge on any atom is -0.462 e. The van der Waals surface area contributed by atoms with Gasteiger partial charge in [0, 0.05) is 0 Å². The van der Waals surface area contributed by atoms with Crippen molar-refractivity contribution in [3.8, 4) is 0 Å². The third-order valence-corrected chi connectivity index (χ3v) is 8.22. The van der Waals surface area contributed by atoms with Crippen molar-refractivity contribution in [2.45, 2.75) is 77.0 Å². The largest absolute Gasteiger partial charge is 0.462 e. The van der Waals surface area contributed by atoms with Crippen LogP contribution in [0.2, 0.25) is 0 Å². The highest BCUT2D eigenvalue weighted by Crippen LogP contribution is 2.44. The van der Waals surface area contributed by atoms with Gasteiger partial charge in [-0.3, -0.25) is 0 Å². The molecule has 2 N–H and O–H groups in total. The number of aliphatic hydroxyl groups is 2. The predicted molar refractivity (Wildman–Crippen MR) is 137 cm³/mol. The van der Waals surface area contributed by atoms with E-state index in [2.05, 4.69) is 19.7 Å². The Morgan fingerprint density at radius 2 is 1.26 bits per heavy atom. The number of ether oxygens (including phenoxy) is 2. The fourth-order valence-electron chi connectivity index (χ4n) is 5.94. The molecule has 0 radical (unpaired) electrons. The van der Waals surface area contributed by atoms with Crippen LogP contribution in [0.25, 0.3) is 0 Å². The van der Waals surface area contributed by atoms with Crippen molar-refractivity contribution < 1.29 is 29.3 Å². The van der Waals surface area contributed by atoms with Crippen LogP contribution < -0.4 is 0 Å². The second kappa shape index (κ2) is 15.9. The molecule has 2 fully saturated rings. The molecule has 0 aromatic heterocycles. The summed E-state index contributed by atoms with van der Waals surface area (Å²) in [5, 5.41) is 18.1. The summed E-state index contributed by atoms with van der Waals surface area (Å²) in [6.45, 7) is 10.6. The van der Waals surface area contributed by atoms with E-state index in [1.807, 2.05) is 6.08 Å². The lowest BCUT2D eigenvalue weighted by atomic mass is 9.66. The lowest BCUT2D eigenvalue weighted by Gasteiger charge is -2.40. The molecule has 0 amide bonds. The molecule has 198 valence electrons. The van der Waals surface area contributed by atoms with Crippen LogP contribution in [0.15, 0.2) is 37.0 Å². The lowest BCUT2D eigenvalue weighted by Crippen LogP contribution is -2.29. The molecule has 35 heavy (non-hydrogen) atoms. The monoisotopic (exact) mass is 490 g/mol. The van der Waals surface area contributed by atoms with E-state index in [1.165, 1.54) is 44.9 Å². The second-order valence-electron chi connectivity index (χ2n) is 10.5. The first-order chi connectivity index (χ1) is 16.9. The summed E-state index contributed by atoms with van der Waals surface area (Å²) < 4.78 is 10.6. The van der Waals surface area contributed by atoms with Crippen molar-refractivity contribution in [1.29, 1.82) is 0 Å². The first-order valence-electron chi connectivity index (χ1n) is 13.4. The average Bonchev–Trinajstić information content (AvgIpc) is 2.90. The number of hydrogen-bond donors (Lipinski definition) is 2. The molecule has 0 atom stereocenters. The normalized spacial score (nSPS) is 24.5. The quantitative estimate of drug-likeness (QED) is 0.187. The van der Waals surface area contributed by atoms with Gasteiger partial charge in [0.2, 0.25) is 0 Å². The maximum Gasteiger partial charge on any atom is 0.335 e. The van der Waals surface area contributed by atoms with E-state index >= 15 is 0 Å². The zero-order chi connectivity index (χ0) is 25.6. The highest BCUT2D eigenvalue weighted by atomic mass is 16.5. The number of carbonyl (C=O) groups excluding carboxylic acids is 2. The van der Waals surface area contributed by atoms with Crippen molar-refractivity contribution in [3.05, 3.63) is 37.0 Å². The fraction of sp³-hybridized carbons (Fsp3) is 0.724. The maximum absolute atomic E-state index is 11.9. The average molecular weight is 491 g/mol. The fourth-order valence-corrected chi connectivity index (χ4v) is 5.94. The summed E-state index contributed by atoms with van der Waals surface area (Å²) in [6, 6.07) is 0. The van der Waals surface area contributed by atoms with E-state index in [4.69, 9.17) is 19.7 Å². The minimum atomic E-state index is -0.565. The summed E-state index contributed by atoms with van der Waals surface area (Å²) in [5.74, 6) is 2.19. The highest BCUT2D eigenvalue weighted by Gasteiger charge is 2.33. The van der Waals surface area contributed by atoms with Crippen LogP contribution in [-0.4, -0.2) is 48.6 Å². The first-order valence-corrected chi connectivity index (χ1v) is 13.4. The summed E-state index contributed by atoms with van der Waals surface area (Å²) in [7, 11) is 0. The van der Waals surface area contributed by atoms with E-state index in [1.54, 1.807) is 0 Å². The SMILES string of the molecule is C=CCCC1CCC(C2CCC(C(CCOC(=O)C(=C)CO)CCOC(=O)C(=C)CO)CC2)CC1. The Kier molecular flexibility index (Phi) is 13.4. The van der Waals surface area contributed by atoms with Crippen LogP contribution in [0.3, 0.4) is 0 Å². The van der Waals surface area contributed by atoms with Gasteiger partial charge in [-0.25, -0.2) is 9.59 Å². The van der Waals surface area contributed by atoms with Gasteiger partial charge >= 0.3 is 11.9 Å². The zero-order valence-corrected chi connectivity index (χ0v) is 21.4. The van der Waals surface area contributed by atoms with Gasteiger partial charge in [0.1, 0.15) is 0 Å². The van der Waals surface area contributed by atoms with E-state index in [0.717, 1.165) is 37.0 Å². The number of carbonyl (C=O) groups is 2. The first kappa shape index (κ1) is 29.3. The number of esters is 2. The molecule has 2 saturated carbocycles. The Morgan fingerprint density at radius 3 is 1.69 bits per heavy atom. The third kappa shape index (κ3) is 9.92. The topological polar surface area (TPSA) is 93.1 Å². The van der Waals surface area contributed by atoms with Crippen molar-refractivity contribution in [2.24, 2.45) is 29.6 Å². The third-order valence-electron chi connectivity index (χ3n) is 8.22. The lowest BCUT2D eigenvalue weighted by molar-refractivity contribution is -0.140. The van der Waals surface area contributed by atoms with Crippen LogP contribution in [-0.2, 0) is 19.1 Å². The summed E-state index contributed by atoms with van der Waals surface area (Å²) >= 11 is 0. The van der Waals surface area contributed by atoms with E-state index in [-0.39, 0.29) is 30.3 Å². The molecular weight excluding hydrogens is 444 g/mol. The van der Waals surface area contributed by atoms with Gasteiger partial charge < -0.3 is 19.7 Å². The van der Waals surface area contributed by atoms with Crippen molar-refractivity contribution in [3.63, 3.8) is 0 Å². The second-order valence-corrected chi connectivity index (χ2v) is 10.5. The number of aliphatic hydroxyl groups excluding tert-OH is 2. The molecule has 0 heterocycles. The van der Waals surface area contributed by atoms with E-state index < -0.39 is 25.2 Å². The molecule has 2 rings (SSSR count). The molecule has 2 aliphatic rings. The van der Waals surface area contributed by atoms with Crippen molar-refractivity contribution >= 4 is 11.9 Å². The molecule has 0 spiro atoms. The van der Waals surface area contributed by atoms with Crippen LogP contribution >= 0.6 is 0 Å². The van der Waals surface area contributed by atoms with Gasteiger partial charge in [0.05, 0.1) is 37.6 Å². The molecule has 0 bridgehead atoms. The number of hydrogen-bond acceptors (Lipinski definition) is 6. The Morgan fingerprint density at radius 1 is 0.800 bits per heavy atom. The smallest absolute Gasteiger partial charge is 0.335 e. The Labute approximate surface area is 211 Å². The molecule has 6 nitrogen and oxygen atoms in total. The highest BCUT2D eigenvalue weighted by molar-refractivity contribution is 5.88. The number of allylic oxidation sites excluding steroid dienone is 1. The molecule has 0 aromatic carbocycles. The van der Waals surface area contributed by atoms with E-state index in [9.17, 15) is 9.59 Å². The summed E-state index contributed by atoms with van der Waals surface area (Å²) in [5.41, 5.74) is 0.107. The van der Waals surface area contributed by atoms with Gasteiger partial charge in [-0.1, -0.05) is 32.1 Å². The molecule has 0 aliphatic heterocycles. The Balaban J connectivity index is 1.83. The van der Waals surface area contributed by atoms with Gasteiger partial charge in [0.15, 0.2) is 0 Å². The van der Waals surface area contributed by atoms with Crippen molar-refractivity contribution in [1.82, 2.24) is 0 Å². The van der Waals surface area contributed by atoms with Crippen LogP contribution in [0, 0.1) is 29.6 Å². The Bertz CT molecular complexity index is 664.